The van der Waals surface area contributed by atoms with E-state index in [-0.39, 0.29) is 0 Å². The molecule has 6 heteroatoms. The molecule has 52 heavy (non-hydrogen) atoms. The number of aldehydes is 1. The van der Waals surface area contributed by atoms with Crippen LogP contribution in [0.4, 0.5) is 0 Å². The van der Waals surface area contributed by atoms with Crippen molar-refractivity contribution in [3.63, 3.8) is 0 Å². The molecule has 0 spiro atoms. The number of allylic oxidation sites excluding steroid dienone is 8. The molecule has 246 valence electrons. The molecule has 4 aliphatic rings. The zero-order chi connectivity index (χ0) is 35.0. The van der Waals surface area contributed by atoms with Gasteiger partial charge in [-0.2, -0.15) is 0 Å². The van der Waals surface area contributed by atoms with Crippen LogP contribution in [0.25, 0.3) is 22.3 Å². The second-order valence-electron chi connectivity index (χ2n) is 12.6. The summed E-state index contributed by atoms with van der Waals surface area (Å²) in [4.78, 5) is 32.4. The van der Waals surface area contributed by atoms with Crippen molar-refractivity contribution in [3.8, 4) is 0 Å². The zero-order valence-corrected chi connectivity index (χ0v) is 27.9. The summed E-state index contributed by atoms with van der Waals surface area (Å²) >= 11 is 0. The number of fused-ring (bicyclic) bond motifs is 5. The van der Waals surface area contributed by atoms with Crippen LogP contribution in [0.3, 0.4) is 0 Å². The fourth-order valence-electron chi connectivity index (χ4n) is 7.15. The predicted octanol–water partition coefficient (Wildman–Crippen LogP) is 7.62. The quantitative estimate of drug-likeness (QED) is 0.149. The molecule has 9 rings (SSSR count). The number of aromatic nitrogens is 1. The van der Waals surface area contributed by atoms with Gasteiger partial charge in [-0.05, 0) is 58.7 Å². The molecule has 2 N–H and O–H groups in total. The van der Waals surface area contributed by atoms with Crippen LogP contribution in [0.5, 0.6) is 0 Å². The van der Waals surface area contributed by atoms with E-state index in [0.717, 1.165) is 73.5 Å². The van der Waals surface area contributed by atoms with Crippen molar-refractivity contribution in [2.24, 2.45) is 15.0 Å². The normalized spacial score (nSPS) is 17.3. The highest BCUT2D eigenvalue weighted by molar-refractivity contribution is 6.41. The lowest BCUT2D eigenvalue weighted by atomic mass is 9.95. The fourth-order valence-corrected chi connectivity index (χ4v) is 7.15. The molecule has 1 aromatic heterocycles. The molecule has 0 amide bonds. The van der Waals surface area contributed by atoms with Crippen molar-refractivity contribution in [1.29, 1.82) is 0 Å². The second kappa shape index (κ2) is 12.9. The van der Waals surface area contributed by atoms with E-state index >= 15 is 0 Å². The number of carbonyl (C=O) groups is 1. The maximum absolute atomic E-state index is 12.9. The summed E-state index contributed by atoms with van der Waals surface area (Å²) in [5.74, 6) is 0. The first-order chi connectivity index (χ1) is 25.7. The van der Waals surface area contributed by atoms with E-state index in [2.05, 4.69) is 29.2 Å². The van der Waals surface area contributed by atoms with Crippen LogP contribution in [-0.2, 0) is 4.79 Å². The van der Waals surface area contributed by atoms with Crippen LogP contribution < -0.4 is 10.7 Å². The third-order valence-electron chi connectivity index (χ3n) is 9.47. The molecule has 4 aromatic carbocycles. The Balaban J connectivity index is 1.46. The van der Waals surface area contributed by atoms with Gasteiger partial charge in [-0.25, -0.2) is 15.0 Å². The maximum atomic E-state index is 12.9. The molecular weight excluding hydrogens is 641 g/mol. The monoisotopic (exact) mass is 670 g/mol. The van der Waals surface area contributed by atoms with Gasteiger partial charge in [0.15, 0.2) is 6.29 Å². The number of nitrogens with zero attached hydrogens (tertiary/aromatic N) is 3. The van der Waals surface area contributed by atoms with E-state index in [9.17, 15) is 9.90 Å². The number of aliphatic hydroxyl groups excluding tert-OH is 1. The van der Waals surface area contributed by atoms with Gasteiger partial charge >= 0.3 is 0 Å². The smallest absolute Gasteiger partial charge is 0.152 e. The molecule has 8 bridgehead atoms. The SMILES string of the molecule is O=CC1=CC2=C(c3ccccc3)C3=C/C(=C/O)C(=N3)C(c3ccccc3)=c3ccc([nH]3)=C(c3ccccc3)C3=NC(=C(c4ccccc4)C1=N2)C=C3. The summed E-state index contributed by atoms with van der Waals surface area (Å²) in [5.41, 5.74) is 11.7. The van der Waals surface area contributed by atoms with E-state index in [1.54, 1.807) is 0 Å². The zero-order valence-electron chi connectivity index (χ0n) is 27.9. The summed E-state index contributed by atoms with van der Waals surface area (Å²) in [6.07, 6.45) is 9.69. The Hall–Kier alpha value is -7.18. The summed E-state index contributed by atoms with van der Waals surface area (Å²) in [6.45, 7) is 0. The highest BCUT2D eigenvalue weighted by Crippen LogP contribution is 2.40. The first kappa shape index (κ1) is 30.8. The Morgan fingerprint density at radius 1 is 0.500 bits per heavy atom. The number of aliphatic hydroxyl groups is 1. The van der Waals surface area contributed by atoms with Crippen molar-refractivity contribution in [2.45, 2.75) is 0 Å². The number of nitrogens with one attached hydrogen (secondary N) is 1. The Kier molecular flexibility index (Phi) is 7.67. The molecule has 0 saturated carbocycles. The van der Waals surface area contributed by atoms with Gasteiger partial charge in [0.25, 0.3) is 0 Å². The molecule has 0 unspecified atom stereocenters. The highest BCUT2D eigenvalue weighted by Gasteiger charge is 2.30. The number of H-pyrrole nitrogens is 1. The summed E-state index contributed by atoms with van der Waals surface area (Å²) < 4.78 is 0. The number of aliphatic imine (C=N–C) groups is 3. The predicted molar refractivity (Wildman–Crippen MR) is 209 cm³/mol. The number of benzene rings is 4. The minimum atomic E-state index is 0.439. The van der Waals surface area contributed by atoms with Crippen LogP contribution >= 0.6 is 0 Å². The largest absolute Gasteiger partial charge is 0.515 e. The molecule has 5 heterocycles. The van der Waals surface area contributed by atoms with E-state index in [0.29, 0.717) is 39.7 Å². The maximum Gasteiger partial charge on any atom is 0.152 e. The van der Waals surface area contributed by atoms with Gasteiger partial charge in [0.2, 0.25) is 0 Å². The molecule has 4 aliphatic heterocycles. The van der Waals surface area contributed by atoms with Crippen molar-refractivity contribution < 1.29 is 9.90 Å². The lowest BCUT2D eigenvalue weighted by molar-refractivity contribution is -0.104. The van der Waals surface area contributed by atoms with Crippen molar-refractivity contribution >= 4 is 45.7 Å². The highest BCUT2D eigenvalue weighted by atomic mass is 16.2. The van der Waals surface area contributed by atoms with Crippen LogP contribution in [0.1, 0.15) is 22.3 Å². The van der Waals surface area contributed by atoms with Gasteiger partial charge in [0.1, 0.15) is 0 Å². The van der Waals surface area contributed by atoms with Gasteiger partial charge in [-0.15, -0.1) is 0 Å². The number of hydrogen-bond donors (Lipinski definition) is 2. The number of carbonyl (C=O) groups excluding carboxylic acids is 1. The van der Waals surface area contributed by atoms with Crippen LogP contribution in [0.15, 0.2) is 207 Å². The van der Waals surface area contributed by atoms with Crippen molar-refractivity contribution in [1.82, 2.24) is 4.98 Å². The minimum absolute atomic E-state index is 0.439. The standard InChI is InChI=1S/C46H30N4O2/c51-27-33-25-39-42(30-15-7-2-8-16-30)40-26-34(28-52)46(50-40)44(32-19-11-4-12-20-32)38-24-22-36(48-38)41(29-13-5-1-6-14-29)35-21-23-37(47-35)43(45(33)49-39)31-17-9-3-10-18-31/h1-28,47,51H/b33-27-,41-35?,42-40?,43-37?,44-38?. The summed E-state index contributed by atoms with van der Waals surface area (Å²) in [5, 5.41) is 12.4. The molecular formula is C46H30N4O2. The molecule has 5 aromatic rings. The van der Waals surface area contributed by atoms with E-state index in [4.69, 9.17) is 15.0 Å². The van der Waals surface area contributed by atoms with Crippen LogP contribution in [-0.4, -0.2) is 33.5 Å². The first-order valence-electron chi connectivity index (χ1n) is 17.0. The number of aromatic amines is 1. The molecule has 0 fully saturated rings. The van der Waals surface area contributed by atoms with Crippen molar-refractivity contribution in [2.75, 3.05) is 0 Å². The Morgan fingerprint density at radius 2 is 1.04 bits per heavy atom. The second-order valence-corrected chi connectivity index (χ2v) is 12.6. The van der Waals surface area contributed by atoms with Crippen LogP contribution in [0, 0.1) is 0 Å². The third-order valence-corrected chi connectivity index (χ3v) is 9.47. The van der Waals surface area contributed by atoms with Gasteiger partial charge in [0.05, 0.1) is 40.5 Å². The molecule has 0 aliphatic carbocycles. The third kappa shape index (κ3) is 5.30. The van der Waals surface area contributed by atoms with Gasteiger partial charge in [-0.1, -0.05) is 121 Å². The number of rotatable bonds is 5. The molecule has 6 nitrogen and oxygen atoms in total. The topological polar surface area (TPSA) is 90.2 Å². The molecule has 0 atom stereocenters. The minimum Gasteiger partial charge on any atom is -0.515 e. The summed E-state index contributed by atoms with van der Waals surface area (Å²) in [7, 11) is 0. The van der Waals surface area contributed by atoms with Crippen LogP contribution in [0.2, 0.25) is 0 Å². The van der Waals surface area contributed by atoms with Gasteiger partial charge < -0.3 is 10.1 Å². The van der Waals surface area contributed by atoms with E-state index < -0.39 is 0 Å². The van der Waals surface area contributed by atoms with Gasteiger partial charge in [0, 0.05) is 44.1 Å². The Bertz CT molecular complexity index is 2700. The lowest BCUT2D eigenvalue weighted by Gasteiger charge is -2.12. The van der Waals surface area contributed by atoms with Crippen molar-refractivity contribution in [3.05, 3.63) is 225 Å². The Morgan fingerprint density at radius 3 is 1.62 bits per heavy atom. The first-order valence-corrected chi connectivity index (χ1v) is 17.0. The van der Waals surface area contributed by atoms with E-state index in [1.165, 1.54) is 0 Å². The average Bonchev–Trinajstić information content (AvgIpc) is 4.03. The molecule has 0 saturated heterocycles. The number of hydrogen-bond acceptors (Lipinski definition) is 5. The van der Waals surface area contributed by atoms with Gasteiger partial charge in [-0.3, -0.25) is 4.79 Å². The van der Waals surface area contributed by atoms with E-state index in [1.807, 2.05) is 133 Å². The Labute approximate surface area is 300 Å². The molecule has 0 radical (unpaired) electrons. The lowest BCUT2D eigenvalue weighted by Crippen LogP contribution is -2.21. The fraction of sp³-hybridized carbons (Fsp3) is 0. The average molecular weight is 671 g/mol. The summed E-state index contributed by atoms with van der Waals surface area (Å²) in [6, 6.07) is 44.2.